The minimum Gasteiger partial charge on any atom is -0.338 e. The van der Waals surface area contributed by atoms with Crippen LogP contribution < -0.4 is 0 Å². The van der Waals surface area contributed by atoms with E-state index in [-0.39, 0.29) is 5.91 Å². The Hall–Kier alpha value is -2.54. The van der Waals surface area contributed by atoms with Crippen molar-refractivity contribution in [3.8, 4) is 11.8 Å². The third-order valence-electron chi connectivity index (χ3n) is 4.06. The Kier molecular flexibility index (Phi) is 3.26. The number of rotatable bonds is 2. The van der Waals surface area contributed by atoms with Crippen molar-refractivity contribution >= 4 is 5.91 Å². The number of benzene rings is 1. The molecular weight excluding hydrogens is 262 g/mol. The van der Waals surface area contributed by atoms with Gasteiger partial charge in [-0.1, -0.05) is 0 Å². The Balaban J connectivity index is 2.01. The number of aryl methyl sites for hydroxylation is 1. The second-order valence-corrected chi connectivity index (χ2v) is 5.42. The molecule has 106 valence electrons. The van der Waals surface area contributed by atoms with Gasteiger partial charge < -0.3 is 9.47 Å². The summed E-state index contributed by atoms with van der Waals surface area (Å²) in [6.07, 6.45) is 1.10. The highest BCUT2D eigenvalue weighted by Crippen LogP contribution is 2.23. The molecule has 21 heavy (non-hydrogen) atoms. The molecule has 3 rings (SSSR count). The van der Waals surface area contributed by atoms with E-state index in [2.05, 4.69) is 10.6 Å². The summed E-state index contributed by atoms with van der Waals surface area (Å²) in [6, 6.07) is 11.5. The van der Waals surface area contributed by atoms with Crippen LogP contribution in [0.3, 0.4) is 0 Å². The fourth-order valence-electron chi connectivity index (χ4n) is 2.75. The van der Waals surface area contributed by atoms with Gasteiger partial charge in [0, 0.05) is 30.2 Å². The molecule has 2 heterocycles. The van der Waals surface area contributed by atoms with Gasteiger partial charge in [0.1, 0.15) is 0 Å². The molecule has 0 unspecified atom stereocenters. The Morgan fingerprint density at radius 2 is 1.86 bits per heavy atom. The van der Waals surface area contributed by atoms with Crippen molar-refractivity contribution in [2.24, 2.45) is 0 Å². The summed E-state index contributed by atoms with van der Waals surface area (Å²) in [7, 11) is 0. The third-order valence-corrected chi connectivity index (χ3v) is 4.06. The van der Waals surface area contributed by atoms with Gasteiger partial charge in [-0.15, -0.1) is 0 Å². The Morgan fingerprint density at radius 1 is 1.19 bits per heavy atom. The quantitative estimate of drug-likeness (QED) is 0.848. The van der Waals surface area contributed by atoms with Crippen LogP contribution in [0.15, 0.2) is 30.3 Å². The van der Waals surface area contributed by atoms with Gasteiger partial charge >= 0.3 is 0 Å². The number of carbonyl (C=O) groups is 1. The molecule has 0 N–H and O–H groups in total. The number of aromatic nitrogens is 1. The largest absolute Gasteiger partial charge is 0.338 e. The van der Waals surface area contributed by atoms with Crippen LogP contribution >= 0.6 is 0 Å². The Bertz CT molecular complexity index is 731. The zero-order chi connectivity index (χ0) is 15.0. The minimum atomic E-state index is 0.120. The van der Waals surface area contributed by atoms with Crippen LogP contribution in [0.2, 0.25) is 0 Å². The summed E-state index contributed by atoms with van der Waals surface area (Å²) < 4.78 is 2.06. The third kappa shape index (κ3) is 2.21. The molecular formula is C17H17N3O. The van der Waals surface area contributed by atoms with Crippen molar-refractivity contribution < 1.29 is 4.79 Å². The van der Waals surface area contributed by atoms with Gasteiger partial charge in [-0.25, -0.2) is 0 Å². The first-order valence-electron chi connectivity index (χ1n) is 7.10. The van der Waals surface area contributed by atoms with E-state index in [1.807, 2.05) is 36.9 Å². The lowest BCUT2D eigenvalue weighted by molar-refractivity contribution is 0.0651. The van der Waals surface area contributed by atoms with Gasteiger partial charge in [0.05, 0.1) is 17.2 Å². The van der Waals surface area contributed by atoms with Crippen molar-refractivity contribution in [2.75, 3.05) is 13.1 Å². The molecule has 1 fully saturated rings. The van der Waals surface area contributed by atoms with Crippen LogP contribution in [0.5, 0.6) is 0 Å². The molecule has 4 nitrogen and oxygen atoms in total. The number of carbonyl (C=O) groups excluding carboxylic acids is 1. The Labute approximate surface area is 124 Å². The molecule has 4 heteroatoms. The van der Waals surface area contributed by atoms with Crippen LogP contribution in [0.1, 0.15) is 33.7 Å². The maximum absolute atomic E-state index is 12.4. The van der Waals surface area contributed by atoms with E-state index in [0.29, 0.717) is 5.56 Å². The molecule has 0 spiro atoms. The fraction of sp³-hybridized carbons (Fsp3) is 0.294. The summed E-state index contributed by atoms with van der Waals surface area (Å²) in [5.41, 5.74) is 4.37. The molecule has 1 amide bonds. The first-order valence-corrected chi connectivity index (χ1v) is 7.10. The maximum Gasteiger partial charge on any atom is 0.255 e. The molecule has 0 bridgehead atoms. The minimum absolute atomic E-state index is 0.120. The van der Waals surface area contributed by atoms with E-state index in [4.69, 9.17) is 5.26 Å². The fourth-order valence-corrected chi connectivity index (χ4v) is 2.75. The summed E-state index contributed by atoms with van der Waals surface area (Å²) in [4.78, 5) is 14.3. The van der Waals surface area contributed by atoms with Crippen molar-refractivity contribution in [2.45, 2.75) is 20.3 Å². The monoisotopic (exact) mass is 279 g/mol. The highest BCUT2D eigenvalue weighted by atomic mass is 16.2. The average molecular weight is 279 g/mol. The highest BCUT2D eigenvalue weighted by Gasteiger charge is 2.25. The topological polar surface area (TPSA) is 49.0 Å². The van der Waals surface area contributed by atoms with Gasteiger partial charge in [-0.3, -0.25) is 4.79 Å². The van der Waals surface area contributed by atoms with Crippen LogP contribution in [-0.2, 0) is 0 Å². The number of nitrogens with zero attached hydrogens (tertiary/aromatic N) is 3. The number of hydrogen-bond donors (Lipinski definition) is 0. The van der Waals surface area contributed by atoms with Gasteiger partial charge in [-0.05, 0) is 50.6 Å². The number of amides is 1. The summed E-state index contributed by atoms with van der Waals surface area (Å²) in [5, 5.41) is 8.87. The van der Waals surface area contributed by atoms with E-state index in [0.717, 1.165) is 42.1 Å². The molecule has 1 saturated heterocycles. The van der Waals surface area contributed by atoms with Crippen LogP contribution in [0.25, 0.3) is 5.69 Å². The van der Waals surface area contributed by atoms with E-state index >= 15 is 0 Å². The van der Waals surface area contributed by atoms with Gasteiger partial charge in [0.25, 0.3) is 5.91 Å². The molecule has 1 aliphatic rings. The molecule has 0 radical (unpaired) electrons. The lowest BCUT2D eigenvalue weighted by Gasteiger charge is -2.30. The smallest absolute Gasteiger partial charge is 0.255 e. The second-order valence-electron chi connectivity index (χ2n) is 5.42. The lowest BCUT2D eigenvalue weighted by Crippen LogP contribution is -2.42. The van der Waals surface area contributed by atoms with Crippen molar-refractivity contribution in [1.29, 1.82) is 5.26 Å². The highest BCUT2D eigenvalue weighted by molar-refractivity contribution is 5.96. The molecule has 1 aromatic heterocycles. The number of nitriles is 1. The normalized spacial score (nSPS) is 13.7. The molecule has 1 aromatic carbocycles. The molecule has 2 aromatic rings. The zero-order valence-corrected chi connectivity index (χ0v) is 12.3. The van der Waals surface area contributed by atoms with Gasteiger partial charge in [0.15, 0.2) is 0 Å². The van der Waals surface area contributed by atoms with E-state index in [1.165, 1.54) is 0 Å². The van der Waals surface area contributed by atoms with E-state index in [9.17, 15) is 4.79 Å². The predicted molar refractivity (Wildman–Crippen MR) is 80.5 cm³/mol. The van der Waals surface area contributed by atoms with Crippen molar-refractivity contribution in [3.63, 3.8) is 0 Å². The first-order chi connectivity index (χ1) is 10.1. The standard InChI is InChI=1S/C17H17N3O/c1-12-10-16(17(21)19-8-3-9-19)13(2)20(12)15-6-4-14(11-18)5-7-15/h4-7,10H,3,8-9H2,1-2H3. The summed E-state index contributed by atoms with van der Waals surface area (Å²) in [6.45, 7) is 5.69. The summed E-state index contributed by atoms with van der Waals surface area (Å²) >= 11 is 0. The molecule has 0 aliphatic carbocycles. The number of likely N-dealkylation sites (tertiary alicyclic amines) is 1. The van der Waals surface area contributed by atoms with E-state index < -0.39 is 0 Å². The van der Waals surface area contributed by atoms with Crippen molar-refractivity contribution in [1.82, 2.24) is 9.47 Å². The van der Waals surface area contributed by atoms with Crippen LogP contribution in [0.4, 0.5) is 0 Å². The van der Waals surface area contributed by atoms with Crippen LogP contribution in [0, 0.1) is 25.2 Å². The lowest BCUT2D eigenvalue weighted by atomic mass is 10.1. The van der Waals surface area contributed by atoms with Gasteiger partial charge in [0.2, 0.25) is 0 Å². The zero-order valence-electron chi connectivity index (χ0n) is 12.3. The molecule has 0 atom stereocenters. The first kappa shape index (κ1) is 13.4. The molecule has 1 aliphatic heterocycles. The maximum atomic E-state index is 12.4. The second kappa shape index (κ2) is 5.10. The SMILES string of the molecule is Cc1cc(C(=O)N2CCC2)c(C)n1-c1ccc(C#N)cc1. The van der Waals surface area contributed by atoms with Gasteiger partial charge in [-0.2, -0.15) is 5.26 Å². The Morgan fingerprint density at radius 3 is 2.38 bits per heavy atom. The predicted octanol–water partition coefficient (Wildman–Crippen LogP) is 2.81. The van der Waals surface area contributed by atoms with Crippen LogP contribution in [-0.4, -0.2) is 28.5 Å². The average Bonchev–Trinajstić information content (AvgIpc) is 2.72. The summed E-state index contributed by atoms with van der Waals surface area (Å²) in [5.74, 6) is 0.120. The number of hydrogen-bond acceptors (Lipinski definition) is 2. The molecule has 0 saturated carbocycles. The van der Waals surface area contributed by atoms with Crippen molar-refractivity contribution in [3.05, 3.63) is 52.8 Å². The van der Waals surface area contributed by atoms with E-state index in [1.54, 1.807) is 12.1 Å².